The third-order valence-electron chi connectivity index (χ3n) is 4.19. The van der Waals surface area contributed by atoms with Gasteiger partial charge < -0.3 is 10.1 Å². The number of anilines is 1. The summed E-state index contributed by atoms with van der Waals surface area (Å²) in [6.45, 7) is 4.52. The summed E-state index contributed by atoms with van der Waals surface area (Å²) < 4.78 is 44.9. The van der Waals surface area contributed by atoms with E-state index in [4.69, 9.17) is 16.3 Å². The number of rotatable bonds is 6. The van der Waals surface area contributed by atoms with Crippen molar-refractivity contribution in [3.63, 3.8) is 0 Å². The van der Waals surface area contributed by atoms with Gasteiger partial charge in [0, 0.05) is 30.2 Å². The maximum absolute atomic E-state index is 13.2. The lowest BCUT2D eigenvalue weighted by Crippen LogP contribution is -2.37. The summed E-state index contributed by atoms with van der Waals surface area (Å²) in [6, 6.07) is 7.44. The molecular formula is C18H20ClF3N4O. The molecule has 2 heterocycles. The summed E-state index contributed by atoms with van der Waals surface area (Å²) in [5, 5.41) is 3.42. The Morgan fingerprint density at radius 2 is 1.81 bits per heavy atom. The maximum atomic E-state index is 13.2. The molecule has 1 fully saturated rings. The summed E-state index contributed by atoms with van der Waals surface area (Å²) in [4.78, 5) is 10.1. The van der Waals surface area contributed by atoms with Crippen LogP contribution in [0.5, 0.6) is 0 Å². The molecule has 1 aromatic heterocycles. The van der Waals surface area contributed by atoms with Crippen molar-refractivity contribution >= 4 is 17.5 Å². The highest BCUT2D eigenvalue weighted by molar-refractivity contribution is 6.30. The topological polar surface area (TPSA) is 50.3 Å². The minimum absolute atomic E-state index is 0.0308. The lowest BCUT2D eigenvalue weighted by molar-refractivity contribution is -0.141. The lowest BCUT2D eigenvalue weighted by Gasteiger charge is -2.26. The van der Waals surface area contributed by atoms with Gasteiger partial charge in [-0.1, -0.05) is 23.7 Å². The monoisotopic (exact) mass is 400 g/mol. The average molecular weight is 401 g/mol. The van der Waals surface area contributed by atoms with E-state index in [2.05, 4.69) is 20.2 Å². The molecule has 0 atom stereocenters. The van der Waals surface area contributed by atoms with E-state index in [9.17, 15) is 13.2 Å². The van der Waals surface area contributed by atoms with E-state index in [-0.39, 0.29) is 11.6 Å². The highest BCUT2D eigenvalue weighted by Gasteiger charge is 2.33. The molecule has 0 radical (unpaired) electrons. The summed E-state index contributed by atoms with van der Waals surface area (Å²) in [6.07, 6.45) is -3.77. The van der Waals surface area contributed by atoms with E-state index >= 15 is 0 Å². The third kappa shape index (κ3) is 5.79. The first-order chi connectivity index (χ1) is 12.9. The second kappa shape index (κ2) is 8.86. The molecular weight excluding hydrogens is 381 g/mol. The molecule has 2 aromatic rings. The van der Waals surface area contributed by atoms with Gasteiger partial charge in [0.2, 0.25) is 5.95 Å². The molecule has 0 amide bonds. The van der Waals surface area contributed by atoms with Crippen molar-refractivity contribution in [1.82, 2.24) is 14.9 Å². The Balaban J connectivity index is 1.69. The van der Waals surface area contributed by atoms with E-state index < -0.39 is 11.9 Å². The molecule has 1 aromatic carbocycles. The Bertz CT molecular complexity index is 749. The van der Waals surface area contributed by atoms with Crippen LogP contribution in [0.1, 0.15) is 12.1 Å². The van der Waals surface area contributed by atoms with Crippen molar-refractivity contribution < 1.29 is 17.9 Å². The molecule has 5 nitrogen and oxygen atoms in total. The van der Waals surface area contributed by atoms with Crippen LogP contribution in [0.3, 0.4) is 0 Å². The molecule has 0 unspecified atom stereocenters. The van der Waals surface area contributed by atoms with Gasteiger partial charge in [0.15, 0.2) is 5.69 Å². The number of halogens is 4. The Morgan fingerprint density at radius 1 is 1.11 bits per heavy atom. The normalized spacial score (nSPS) is 15.7. The van der Waals surface area contributed by atoms with Crippen molar-refractivity contribution in [1.29, 1.82) is 0 Å². The van der Waals surface area contributed by atoms with E-state index in [0.29, 0.717) is 30.3 Å². The van der Waals surface area contributed by atoms with Crippen molar-refractivity contribution in [2.45, 2.75) is 12.6 Å². The number of hydrogen-bond acceptors (Lipinski definition) is 5. The Morgan fingerprint density at radius 3 is 2.48 bits per heavy atom. The fourth-order valence-corrected chi connectivity index (χ4v) is 2.89. The fourth-order valence-electron chi connectivity index (χ4n) is 2.77. The molecule has 1 aliphatic heterocycles. The Kier molecular flexibility index (Phi) is 6.51. The van der Waals surface area contributed by atoms with Crippen LogP contribution in [0.15, 0.2) is 30.3 Å². The molecule has 146 valence electrons. The maximum Gasteiger partial charge on any atom is 0.433 e. The van der Waals surface area contributed by atoms with Gasteiger partial charge in [0.25, 0.3) is 0 Å². The Labute approximate surface area is 160 Å². The average Bonchev–Trinajstić information content (AvgIpc) is 2.66. The number of alkyl halides is 3. The molecule has 1 saturated heterocycles. The number of hydrogen-bond donors (Lipinski definition) is 1. The van der Waals surface area contributed by atoms with E-state index in [1.54, 1.807) is 24.3 Å². The van der Waals surface area contributed by atoms with Crippen LogP contribution < -0.4 is 5.32 Å². The first-order valence-electron chi connectivity index (χ1n) is 8.68. The number of ether oxygens (including phenoxy) is 1. The molecule has 0 saturated carbocycles. The van der Waals surface area contributed by atoms with Gasteiger partial charge in [-0.05, 0) is 31.2 Å². The van der Waals surface area contributed by atoms with E-state index in [1.165, 1.54) is 0 Å². The van der Waals surface area contributed by atoms with Gasteiger partial charge in [-0.2, -0.15) is 13.2 Å². The van der Waals surface area contributed by atoms with Crippen LogP contribution in [-0.2, 0) is 10.9 Å². The highest BCUT2D eigenvalue weighted by Crippen LogP contribution is 2.31. The van der Waals surface area contributed by atoms with Crippen LogP contribution >= 0.6 is 11.6 Å². The van der Waals surface area contributed by atoms with Crippen LogP contribution in [0.2, 0.25) is 5.02 Å². The number of nitrogens with zero attached hydrogens (tertiary/aromatic N) is 3. The fraction of sp³-hybridized carbons (Fsp3) is 0.444. The van der Waals surface area contributed by atoms with Gasteiger partial charge >= 0.3 is 6.18 Å². The number of nitrogens with one attached hydrogen (secondary N) is 1. The zero-order valence-electron chi connectivity index (χ0n) is 14.6. The first kappa shape index (κ1) is 19.9. The molecule has 3 rings (SSSR count). The summed E-state index contributed by atoms with van der Waals surface area (Å²) >= 11 is 5.85. The zero-order valence-corrected chi connectivity index (χ0v) is 15.4. The molecule has 0 aliphatic carbocycles. The number of benzene rings is 1. The zero-order chi connectivity index (χ0) is 19.3. The second-order valence-electron chi connectivity index (χ2n) is 6.20. The lowest BCUT2D eigenvalue weighted by atomic mass is 10.1. The summed E-state index contributed by atoms with van der Waals surface area (Å²) in [5.41, 5.74) is -0.230. The third-order valence-corrected chi connectivity index (χ3v) is 4.45. The Hall–Kier alpha value is -1.90. The predicted molar refractivity (Wildman–Crippen MR) is 97.8 cm³/mol. The van der Waals surface area contributed by atoms with Crippen molar-refractivity contribution in [2.24, 2.45) is 0 Å². The SMILES string of the molecule is FC(F)(F)c1cc(-c2ccc(Cl)cc2)nc(NCCCN2CCOCC2)n1. The van der Waals surface area contributed by atoms with Gasteiger partial charge in [-0.15, -0.1) is 0 Å². The standard InChI is InChI=1S/C18H20ClF3N4O/c19-14-4-2-13(3-5-14)15-12-16(18(20,21)22)25-17(24-15)23-6-1-7-26-8-10-27-11-9-26/h2-5,12H,1,6-11H2,(H,23,24,25). The molecule has 9 heteroatoms. The first-order valence-corrected chi connectivity index (χ1v) is 9.06. The van der Waals surface area contributed by atoms with Gasteiger partial charge in [0.1, 0.15) is 0 Å². The van der Waals surface area contributed by atoms with Crippen molar-refractivity contribution in [2.75, 3.05) is 44.7 Å². The summed E-state index contributed by atoms with van der Waals surface area (Å²) in [7, 11) is 0. The van der Waals surface area contributed by atoms with Crippen LogP contribution in [0, 0.1) is 0 Å². The quantitative estimate of drug-likeness (QED) is 0.744. The van der Waals surface area contributed by atoms with Gasteiger partial charge in [-0.25, -0.2) is 9.97 Å². The largest absolute Gasteiger partial charge is 0.433 e. The van der Waals surface area contributed by atoms with Gasteiger partial charge in [-0.3, -0.25) is 4.90 Å². The summed E-state index contributed by atoms with van der Waals surface area (Å²) in [5.74, 6) is -0.0308. The van der Waals surface area contributed by atoms with Crippen LogP contribution in [0.4, 0.5) is 19.1 Å². The van der Waals surface area contributed by atoms with E-state index in [1.807, 2.05) is 0 Å². The molecule has 1 aliphatic rings. The van der Waals surface area contributed by atoms with Crippen LogP contribution in [0.25, 0.3) is 11.3 Å². The smallest absolute Gasteiger partial charge is 0.379 e. The minimum Gasteiger partial charge on any atom is -0.379 e. The highest BCUT2D eigenvalue weighted by atomic mass is 35.5. The number of aromatic nitrogens is 2. The molecule has 27 heavy (non-hydrogen) atoms. The van der Waals surface area contributed by atoms with Gasteiger partial charge in [0.05, 0.1) is 18.9 Å². The minimum atomic E-state index is -4.55. The van der Waals surface area contributed by atoms with Crippen LogP contribution in [-0.4, -0.2) is 54.3 Å². The van der Waals surface area contributed by atoms with Crippen molar-refractivity contribution in [3.8, 4) is 11.3 Å². The molecule has 0 spiro atoms. The van der Waals surface area contributed by atoms with Crippen molar-refractivity contribution in [3.05, 3.63) is 41.0 Å². The number of morpholine rings is 1. The molecule has 0 bridgehead atoms. The predicted octanol–water partition coefficient (Wildman–Crippen LogP) is 3.95. The molecule has 1 N–H and O–H groups in total. The van der Waals surface area contributed by atoms with E-state index in [0.717, 1.165) is 32.1 Å². The second-order valence-corrected chi connectivity index (χ2v) is 6.64.